The van der Waals surface area contributed by atoms with Gasteiger partial charge in [-0.15, -0.1) is 0 Å². The van der Waals surface area contributed by atoms with Crippen molar-refractivity contribution in [2.45, 2.75) is 13.1 Å². The Morgan fingerprint density at radius 1 is 0.581 bits per heavy atom. The lowest BCUT2D eigenvalue weighted by atomic mass is 9.96. The van der Waals surface area contributed by atoms with Gasteiger partial charge >= 0.3 is 6.18 Å². The van der Waals surface area contributed by atoms with Crippen LogP contribution in [0.1, 0.15) is 11.1 Å². The number of benzene rings is 3. The summed E-state index contributed by atoms with van der Waals surface area (Å²) in [5, 5.41) is 0. The van der Waals surface area contributed by atoms with Crippen LogP contribution in [0.3, 0.4) is 0 Å². The first-order valence-electron chi connectivity index (χ1n) is 8.41. The fourth-order valence-electron chi connectivity index (χ4n) is 2.94. The molecule has 3 aromatic rings. The van der Waals surface area contributed by atoms with Gasteiger partial charge in [0.1, 0.15) is 34.9 Å². The Hall–Kier alpha value is -3.41. The molecule has 9 heteroatoms. The van der Waals surface area contributed by atoms with E-state index in [9.17, 15) is 39.5 Å². The van der Waals surface area contributed by atoms with E-state index in [4.69, 9.17) is 0 Å². The molecule has 0 unspecified atom stereocenters. The number of rotatable bonds is 2. The van der Waals surface area contributed by atoms with E-state index in [1.165, 1.54) is 12.8 Å². The number of hydrogen-bond donors (Lipinski definition) is 0. The van der Waals surface area contributed by atoms with Gasteiger partial charge in [0.25, 0.3) is 0 Å². The van der Waals surface area contributed by atoms with Crippen molar-refractivity contribution in [3.8, 4) is 34.1 Å². The molecular weight excluding hydrogens is 435 g/mol. The Bertz CT molecular complexity index is 1180. The Morgan fingerprint density at radius 3 is 1.32 bits per heavy atom. The van der Waals surface area contributed by atoms with E-state index < -0.39 is 68.9 Å². The third-order valence-corrected chi connectivity index (χ3v) is 4.18. The standard InChI is InChI=1S/C22H9F9/c1-10-4-16(25)20(17(26)5-10)12-8-18(27)21(19(28)9-12)11-6-14(23)13(15(24)7-11)2-3-22(29,30)31/h4-9H,1H3. The molecule has 3 rings (SSSR count). The summed E-state index contributed by atoms with van der Waals surface area (Å²) in [6.07, 6.45) is -5.01. The van der Waals surface area contributed by atoms with Crippen LogP contribution in [0.25, 0.3) is 22.3 Å². The van der Waals surface area contributed by atoms with Crippen molar-refractivity contribution in [1.29, 1.82) is 0 Å². The Kier molecular flexibility index (Phi) is 5.77. The Balaban J connectivity index is 2.12. The van der Waals surface area contributed by atoms with Crippen molar-refractivity contribution in [2.75, 3.05) is 0 Å². The van der Waals surface area contributed by atoms with Crippen LogP contribution in [0.5, 0.6) is 0 Å². The SMILES string of the molecule is Cc1cc(F)c(-c2cc(F)c(-c3cc(F)c(C#CC(F)(F)F)c(F)c3)c(F)c2)c(F)c1. The zero-order chi connectivity index (χ0) is 23.1. The predicted molar refractivity (Wildman–Crippen MR) is 94.7 cm³/mol. The largest absolute Gasteiger partial charge is 0.458 e. The van der Waals surface area contributed by atoms with Crippen LogP contribution in [0.2, 0.25) is 0 Å². The van der Waals surface area contributed by atoms with Gasteiger partial charge in [0.05, 0.1) is 16.7 Å². The minimum Gasteiger partial charge on any atom is -0.206 e. The topological polar surface area (TPSA) is 0 Å². The third kappa shape index (κ3) is 4.68. The molecule has 0 amide bonds. The van der Waals surface area contributed by atoms with E-state index in [1.807, 2.05) is 0 Å². The van der Waals surface area contributed by atoms with Crippen LogP contribution in [-0.2, 0) is 0 Å². The van der Waals surface area contributed by atoms with E-state index in [-0.39, 0.29) is 5.56 Å². The van der Waals surface area contributed by atoms with Gasteiger partial charge in [-0.1, -0.05) is 5.92 Å². The molecule has 0 aliphatic heterocycles. The molecule has 0 atom stereocenters. The smallest absolute Gasteiger partial charge is 0.206 e. The summed E-state index contributed by atoms with van der Waals surface area (Å²) < 4.78 is 122. The molecule has 0 aliphatic rings. The number of aryl methyl sites for hydroxylation is 1. The third-order valence-electron chi connectivity index (χ3n) is 4.18. The van der Waals surface area contributed by atoms with Crippen LogP contribution in [-0.4, -0.2) is 6.18 Å². The van der Waals surface area contributed by atoms with E-state index in [0.29, 0.717) is 30.2 Å². The van der Waals surface area contributed by atoms with Crippen molar-refractivity contribution in [1.82, 2.24) is 0 Å². The van der Waals surface area contributed by atoms with Crippen LogP contribution in [0.15, 0.2) is 36.4 Å². The molecule has 0 spiro atoms. The highest BCUT2D eigenvalue weighted by Crippen LogP contribution is 2.35. The molecule has 0 aromatic heterocycles. The highest BCUT2D eigenvalue weighted by molar-refractivity contribution is 5.73. The quantitative estimate of drug-likeness (QED) is 0.293. The molecule has 0 aliphatic carbocycles. The second kappa shape index (κ2) is 8.02. The van der Waals surface area contributed by atoms with Gasteiger partial charge in [-0.3, -0.25) is 0 Å². The molecular formula is C22H9F9. The fourth-order valence-corrected chi connectivity index (χ4v) is 2.94. The molecule has 0 saturated carbocycles. The second-order valence-corrected chi connectivity index (χ2v) is 6.48. The zero-order valence-electron chi connectivity index (χ0n) is 15.4. The molecule has 0 N–H and O–H groups in total. The summed E-state index contributed by atoms with van der Waals surface area (Å²) in [6, 6.07) is 3.85. The molecule has 3 aromatic carbocycles. The van der Waals surface area contributed by atoms with Crippen molar-refractivity contribution < 1.29 is 39.5 Å². The van der Waals surface area contributed by atoms with Gasteiger partial charge in [-0.2, -0.15) is 13.2 Å². The summed E-state index contributed by atoms with van der Waals surface area (Å²) in [5.41, 5.74) is -3.82. The van der Waals surface area contributed by atoms with E-state index in [1.54, 1.807) is 0 Å². The monoisotopic (exact) mass is 444 g/mol. The maximum atomic E-state index is 14.6. The molecule has 0 nitrogen and oxygen atoms in total. The average Bonchev–Trinajstić information content (AvgIpc) is 2.58. The van der Waals surface area contributed by atoms with Gasteiger partial charge < -0.3 is 0 Å². The lowest BCUT2D eigenvalue weighted by molar-refractivity contribution is -0.0696. The predicted octanol–water partition coefficient (Wildman–Crippen LogP) is 7.08. The number of halogens is 9. The number of alkyl halides is 3. The summed E-state index contributed by atoms with van der Waals surface area (Å²) in [4.78, 5) is 0. The van der Waals surface area contributed by atoms with Crippen molar-refractivity contribution >= 4 is 0 Å². The van der Waals surface area contributed by atoms with Crippen molar-refractivity contribution in [2.24, 2.45) is 0 Å². The Labute approximate surface area is 169 Å². The van der Waals surface area contributed by atoms with Gasteiger partial charge in [0.2, 0.25) is 0 Å². The second-order valence-electron chi connectivity index (χ2n) is 6.48. The zero-order valence-corrected chi connectivity index (χ0v) is 15.4. The number of hydrogen-bond acceptors (Lipinski definition) is 0. The summed E-state index contributed by atoms with van der Waals surface area (Å²) in [5.74, 6) is -6.14. The highest BCUT2D eigenvalue weighted by atomic mass is 19.4. The lowest BCUT2D eigenvalue weighted by Gasteiger charge is -2.12. The summed E-state index contributed by atoms with van der Waals surface area (Å²) in [7, 11) is 0. The molecule has 0 bridgehead atoms. The molecule has 160 valence electrons. The minimum atomic E-state index is -5.01. The first-order valence-corrected chi connectivity index (χ1v) is 8.41. The normalized spacial score (nSPS) is 11.3. The van der Waals surface area contributed by atoms with Crippen molar-refractivity contribution in [3.05, 3.63) is 82.4 Å². The minimum absolute atomic E-state index is 0.232. The average molecular weight is 444 g/mol. The van der Waals surface area contributed by atoms with E-state index >= 15 is 0 Å². The van der Waals surface area contributed by atoms with Gasteiger partial charge in [0.15, 0.2) is 0 Å². The summed E-state index contributed by atoms with van der Waals surface area (Å²) >= 11 is 0. The van der Waals surface area contributed by atoms with Crippen LogP contribution < -0.4 is 0 Å². The molecule has 31 heavy (non-hydrogen) atoms. The van der Waals surface area contributed by atoms with Gasteiger partial charge in [-0.25, -0.2) is 26.3 Å². The van der Waals surface area contributed by atoms with Crippen LogP contribution >= 0.6 is 0 Å². The van der Waals surface area contributed by atoms with Crippen LogP contribution in [0.4, 0.5) is 39.5 Å². The van der Waals surface area contributed by atoms with Gasteiger partial charge in [-0.05, 0) is 60.0 Å². The van der Waals surface area contributed by atoms with Gasteiger partial charge in [0, 0.05) is 5.92 Å². The molecule has 0 saturated heterocycles. The van der Waals surface area contributed by atoms with Crippen LogP contribution in [0, 0.1) is 53.7 Å². The highest BCUT2D eigenvalue weighted by Gasteiger charge is 2.24. The molecule has 0 heterocycles. The first kappa shape index (κ1) is 22.3. The first-order chi connectivity index (χ1) is 14.4. The molecule has 0 radical (unpaired) electrons. The van der Waals surface area contributed by atoms with E-state index in [0.717, 1.165) is 12.1 Å². The van der Waals surface area contributed by atoms with Crippen molar-refractivity contribution in [3.63, 3.8) is 0 Å². The van der Waals surface area contributed by atoms with E-state index in [2.05, 4.69) is 0 Å². The maximum absolute atomic E-state index is 14.6. The fraction of sp³-hybridized carbons (Fsp3) is 0.0909. The lowest BCUT2D eigenvalue weighted by Crippen LogP contribution is -2.03. The Morgan fingerprint density at radius 2 is 0.935 bits per heavy atom. The summed E-state index contributed by atoms with van der Waals surface area (Å²) in [6.45, 7) is 1.41. The maximum Gasteiger partial charge on any atom is 0.458 e. The molecule has 0 fully saturated rings.